The maximum Gasteiger partial charge on any atom is 3.00 e. The van der Waals surface area contributed by atoms with Crippen molar-refractivity contribution in [3.05, 3.63) is 0 Å². The monoisotopic (exact) mass is 972 g/mol. The minimum atomic E-state index is -3.65. The van der Waals surface area contributed by atoms with Crippen molar-refractivity contribution in [1.29, 1.82) is 0 Å². The van der Waals surface area contributed by atoms with Crippen LogP contribution < -0.4 is 14.7 Å². The van der Waals surface area contributed by atoms with E-state index in [0.29, 0.717) is 37.6 Å². The van der Waals surface area contributed by atoms with E-state index < -0.39 is 22.8 Å². The summed E-state index contributed by atoms with van der Waals surface area (Å²) in [6.07, 6.45) is 26.2. The maximum absolute atomic E-state index is 12.1. The molecular formula is C48H102FeO9P3. The Morgan fingerprint density at radius 1 is 0.328 bits per heavy atom. The van der Waals surface area contributed by atoms with Crippen LogP contribution in [0.25, 0.3) is 0 Å². The van der Waals surface area contributed by atoms with Crippen molar-refractivity contribution >= 4 is 22.8 Å². The zero-order valence-corrected chi connectivity index (χ0v) is 45.8. The molecule has 0 aromatic rings. The molecule has 371 valence electrons. The molecule has 0 fully saturated rings. The van der Waals surface area contributed by atoms with Crippen LogP contribution in [0, 0.1) is 35.5 Å². The Kier molecular flexibility index (Phi) is 50.3. The van der Waals surface area contributed by atoms with Crippen molar-refractivity contribution in [3.63, 3.8) is 0 Å². The van der Waals surface area contributed by atoms with Gasteiger partial charge >= 0.3 is 17.1 Å². The van der Waals surface area contributed by atoms with Gasteiger partial charge in [0, 0.05) is 18.5 Å². The summed E-state index contributed by atoms with van der Waals surface area (Å²) < 4.78 is 52.1. The van der Waals surface area contributed by atoms with Gasteiger partial charge < -0.3 is 41.9 Å². The van der Waals surface area contributed by atoms with E-state index in [-0.39, 0.29) is 53.3 Å². The molecule has 0 saturated carbocycles. The number of hydrogen-bond acceptors (Lipinski definition) is 9. The van der Waals surface area contributed by atoms with Gasteiger partial charge in [0.1, 0.15) is 22.8 Å². The number of unbranched alkanes of at least 4 members (excludes halogenated alkanes) is 6. The molecule has 61 heavy (non-hydrogen) atoms. The van der Waals surface area contributed by atoms with Gasteiger partial charge in [-0.05, 0) is 74.0 Å². The van der Waals surface area contributed by atoms with Crippen LogP contribution in [0.3, 0.4) is 0 Å². The third-order valence-electron chi connectivity index (χ3n) is 12.2. The van der Waals surface area contributed by atoms with Crippen molar-refractivity contribution in [2.45, 2.75) is 237 Å². The maximum atomic E-state index is 12.1. The standard InChI is InChI=1S/3C16H35O3P.Fe/c3*1-5-9-11-15(7-3)13-19-20(17,18)14-16(8-4)12-10-6-2;/h3*15-16H,5-14H2,1-4H3,(H,17,18);/q;;;+3/p-3. The topological polar surface area (TPSA) is 148 Å². The van der Waals surface area contributed by atoms with Gasteiger partial charge in [0.25, 0.3) is 0 Å². The zero-order valence-electron chi connectivity index (χ0n) is 42.0. The van der Waals surface area contributed by atoms with E-state index in [1.165, 1.54) is 0 Å². The summed E-state index contributed by atoms with van der Waals surface area (Å²) in [5, 5.41) is 0. The van der Waals surface area contributed by atoms with Crippen LogP contribution in [-0.4, -0.2) is 38.3 Å². The summed E-state index contributed by atoms with van der Waals surface area (Å²) in [7, 11) is -11.0. The van der Waals surface area contributed by atoms with Crippen LogP contribution in [0.5, 0.6) is 0 Å². The number of hydrogen-bond donors (Lipinski definition) is 0. The summed E-state index contributed by atoms with van der Waals surface area (Å²) in [5.41, 5.74) is 0. The Hall–Kier alpha value is 0.969. The first kappa shape index (κ1) is 68.5. The molecule has 0 N–H and O–H groups in total. The SMILES string of the molecule is CCCCC(CC)COP(=O)([O-])CC(CC)CCCC.CCCCC(CC)COP(=O)([O-])CC(CC)CCCC.CCCCC(CC)COP(=O)([O-])CC(CC)CCCC.[Fe+3]. The molecule has 13 heteroatoms. The molecule has 0 rings (SSSR count). The molecule has 9 atom stereocenters. The summed E-state index contributed by atoms with van der Waals surface area (Å²) in [5.74, 6) is 1.92. The van der Waals surface area contributed by atoms with E-state index in [2.05, 4.69) is 83.1 Å². The second kappa shape index (κ2) is 44.8. The van der Waals surface area contributed by atoms with Crippen molar-refractivity contribution in [2.75, 3.05) is 38.3 Å². The Labute approximate surface area is 391 Å². The molecule has 1 radical (unpaired) electrons. The van der Waals surface area contributed by atoms with Crippen molar-refractivity contribution in [1.82, 2.24) is 0 Å². The quantitative estimate of drug-likeness (QED) is 0.0433. The van der Waals surface area contributed by atoms with Gasteiger partial charge in [-0.3, -0.25) is 0 Å². The average molecular weight is 972 g/mol. The fraction of sp³-hybridized carbons (Fsp3) is 1.00. The van der Waals surface area contributed by atoms with Crippen LogP contribution in [-0.2, 0) is 44.3 Å². The largest absolute Gasteiger partial charge is 3.00 e. The van der Waals surface area contributed by atoms with Gasteiger partial charge in [0.2, 0.25) is 0 Å². The number of rotatable bonds is 39. The molecule has 0 aromatic heterocycles. The van der Waals surface area contributed by atoms with Crippen LogP contribution >= 0.6 is 22.8 Å². The Morgan fingerprint density at radius 2 is 0.492 bits per heavy atom. The van der Waals surface area contributed by atoms with Gasteiger partial charge in [-0.15, -0.1) is 0 Å². The predicted octanol–water partition coefficient (Wildman–Crippen LogP) is 15.0. The minimum Gasteiger partial charge on any atom is -0.778 e. The van der Waals surface area contributed by atoms with Crippen molar-refractivity contribution in [2.24, 2.45) is 35.5 Å². The fourth-order valence-electron chi connectivity index (χ4n) is 7.21. The van der Waals surface area contributed by atoms with Crippen LogP contribution in [0.15, 0.2) is 0 Å². The first-order valence-electron chi connectivity index (χ1n) is 25.3. The fourth-order valence-corrected chi connectivity index (χ4v) is 12.1. The third-order valence-corrected chi connectivity index (χ3v) is 16.7. The van der Waals surface area contributed by atoms with Crippen LogP contribution in [0.1, 0.15) is 237 Å². The van der Waals surface area contributed by atoms with Crippen LogP contribution in [0.2, 0.25) is 0 Å². The Bertz CT molecular complexity index is 941. The summed E-state index contributed by atoms with van der Waals surface area (Å²) >= 11 is 0. The molecule has 0 spiro atoms. The second-order valence-corrected chi connectivity index (χ2v) is 23.3. The van der Waals surface area contributed by atoms with E-state index in [1.54, 1.807) is 0 Å². The first-order chi connectivity index (χ1) is 28.5. The van der Waals surface area contributed by atoms with Crippen LogP contribution in [0.4, 0.5) is 0 Å². The van der Waals surface area contributed by atoms with E-state index in [9.17, 15) is 28.4 Å². The summed E-state index contributed by atoms with van der Waals surface area (Å²) in [6, 6.07) is 0. The normalized spacial score (nSPS) is 17.4. The van der Waals surface area contributed by atoms with E-state index >= 15 is 0 Å². The summed E-state index contributed by atoms with van der Waals surface area (Å²) in [6.45, 7) is 26.5. The molecule has 9 unspecified atom stereocenters. The minimum absolute atomic E-state index is 0. The molecule has 0 bridgehead atoms. The molecule has 0 aliphatic heterocycles. The third kappa shape index (κ3) is 43.3. The van der Waals surface area contributed by atoms with Crippen molar-refractivity contribution in [3.8, 4) is 0 Å². The first-order valence-corrected chi connectivity index (χ1v) is 30.5. The van der Waals surface area contributed by atoms with Gasteiger partial charge in [0.05, 0.1) is 19.8 Å². The van der Waals surface area contributed by atoms with Gasteiger partial charge in [-0.2, -0.15) is 0 Å². The van der Waals surface area contributed by atoms with E-state index in [0.717, 1.165) is 154 Å². The van der Waals surface area contributed by atoms with E-state index in [4.69, 9.17) is 13.6 Å². The predicted molar refractivity (Wildman–Crippen MR) is 255 cm³/mol. The Balaban J connectivity index is -0.000000396. The van der Waals surface area contributed by atoms with Crippen molar-refractivity contribution < 1.29 is 59.0 Å². The van der Waals surface area contributed by atoms with Gasteiger partial charge in [-0.1, -0.05) is 199 Å². The molecule has 9 nitrogen and oxygen atoms in total. The Morgan fingerprint density at radius 3 is 0.639 bits per heavy atom. The molecule has 0 saturated heterocycles. The molecule has 0 amide bonds. The average Bonchev–Trinajstić information content (AvgIpc) is 3.23. The van der Waals surface area contributed by atoms with Gasteiger partial charge in [0.15, 0.2) is 0 Å². The smallest absolute Gasteiger partial charge is 0.778 e. The molecule has 0 aliphatic carbocycles. The second-order valence-electron chi connectivity index (χ2n) is 17.8. The summed E-state index contributed by atoms with van der Waals surface area (Å²) in [4.78, 5) is 36.2. The molecule has 0 aromatic carbocycles. The molecule has 0 aliphatic rings. The molecular weight excluding hydrogens is 869 g/mol. The molecule has 0 heterocycles. The zero-order chi connectivity index (χ0) is 46.3. The van der Waals surface area contributed by atoms with Gasteiger partial charge in [-0.25, -0.2) is 0 Å². The van der Waals surface area contributed by atoms with E-state index in [1.807, 2.05) is 0 Å².